The molecule has 1 rings (SSSR count). The summed E-state index contributed by atoms with van der Waals surface area (Å²) in [5.41, 5.74) is 1.12. The minimum absolute atomic E-state index is 0.130. The van der Waals surface area contributed by atoms with Crippen molar-refractivity contribution in [1.29, 1.82) is 0 Å². The Morgan fingerprint density at radius 3 is 2.65 bits per heavy atom. The topological polar surface area (TPSA) is 29.1 Å². The Balaban J connectivity index is 2.94. The second kappa shape index (κ2) is 5.74. The van der Waals surface area contributed by atoms with E-state index in [0.717, 1.165) is 12.0 Å². The summed E-state index contributed by atoms with van der Waals surface area (Å²) in [4.78, 5) is 12.1. The Bertz CT molecular complexity index is 414. The van der Waals surface area contributed by atoms with E-state index in [9.17, 15) is 4.79 Å². The highest BCUT2D eigenvalue weighted by atomic mass is 35.5. The smallest absolute Gasteiger partial charge is 0.252 e. The van der Waals surface area contributed by atoms with E-state index < -0.39 is 0 Å². The summed E-state index contributed by atoms with van der Waals surface area (Å²) in [5, 5.41) is 3.51. The maximum Gasteiger partial charge on any atom is 0.252 e. The van der Waals surface area contributed by atoms with Crippen molar-refractivity contribution in [1.82, 2.24) is 5.32 Å². The Labute approximate surface area is 112 Å². The number of alkyl halides is 1. The molecule has 17 heavy (non-hydrogen) atoms. The zero-order valence-corrected chi connectivity index (χ0v) is 11.8. The van der Waals surface area contributed by atoms with Crippen LogP contribution in [-0.4, -0.2) is 17.3 Å². The van der Waals surface area contributed by atoms with E-state index in [1.54, 1.807) is 12.1 Å². The molecule has 1 N–H and O–H groups in total. The van der Waals surface area contributed by atoms with Gasteiger partial charge in [-0.15, -0.1) is 11.6 Å². The monoisotopic (exact) mass is 273 g/mol. The minimum Gasteiger partial charge on any atom is -0.346 e. The third-order valence-corrected chi connectivity index (χ3v) is 3.76. The van der Waals surface area contributed by atoms with Crippen LogP contribution in [0, 0.1) is 6.92 Å². The second-order valence-corrected chi connectivity index (χ2v) is 5.16. The number of hydrogen-bond donors (Lipinski definition) is 1. The minimum atomic E-state index is -0.382. The molecule has 1 aromatic rings. The number of aryl methyl sites for hydroxylation is 1. The maximum atomic E-state index is 12.1. The summed E-state index contributed by atoms with van der Waals surface area (Å²) in [6.07, 6.45) is 0.780. The lowest BCUT2D eigenvalue weighted by atomic mass is 10.00. The van der Waals surface area contributed by atoms with Crippen LogP contribution in [0.2, 0.25) is 5.02 Å². The van der Waals surface area contributed by atoms with Crippen molar-refractivity contribution in [3.8, 4) is 0 Å². The average Bonchev–Trinajstić information content (AvgIpc) is 2.32. The average molecular weight is 274 g/mol. The van der Waals surface area contributed by atoms with E-state index in [0.29, 0.717) is 16.5 Å². The summed E-state index contributed by atoms with van der Waals surface area (Å²) < 4.78 is 0. The molecule has 0 aliphatic carbocycles. The molecule has 0 heterocycles. The van der Waals surface area contributed by atoms with E-state index in [-0.39, 0.29) is 11.4 Å². The van der Waals surface area contributed by atoms with Crippen molar-refractivity contribution in [2.24, 2.45) is 0 Å². The van der Waals surface area contributed by atoms with E-state index in [1.807, 2.05) is 26.8 Å². The molecule has 0 aliphatic heterocycles. The molecule has 1 aromatic carbocycles. The third kappa shape index (κ3) is 3.62. The number of carbonyl (C=O) groups is 1. The number of benzene rings is 1. The van der Waals surface area contributed by atoms with Gasteiger partial charge in [-0.1, -0.05) is 24.6 Å². The van der Waals surface area contributed by atoms with Gasteiger partial charge in [0.15, 0.2) is 0 Å². The van der Waals surface area contributed by atoms with Crippen LogP contribution in [-0.2, 0) is 0 Å². The SMILES string of the molecule is CCC(C)(CCl)NC(=O)c1cc(Cl)ccc1C. The summed E-state index contributed by atoms with van der Waals surface area (Å²) >= 11 is 11.8. The molecule has 0 aliphatic rings. The molecule has 2 nitrogen and oxygen atoms in total. The van der Waals surface area contributed by atoms with Crippen LogP contribution >= 0.6 is 23.2 Å². The van der Waals surface area contributed by atoms with Gasteiger partial charge in [-0.3, -0.25) is 4.79 Å². The molecular formula is C13H17Cl2NO. The summed E-state index contributed by atoms with van der Waals surface area (Å²) in [6.45, 7) is 5.81. The number of carbonyl (C=O) groups excluding carboxylic acids is 1. The van der Waals surface area contributed by atoms with Crippen LogP contribution in [0.25, 0.3) is 0 Å². The van der Waals surface area contributed by atoms with Crippen molar-refractivity contribution in [2.45, 2.75) is 32.7 Å². The molecule has 0 saturated heterocycles. The molecule has 94 valence electrons. The van der Waals surface area contributed by atoms with Crippen molar-refractivity contribution in [2.75, 3.05) is 5.88 Å². The molecule has 1 atom stereocenters. The summed E-state index contributed by atoms with van der Waals surface area (Å²) in [7, 11) is 0. The molecule has 1 amide bonds. The third-order valence-electron chi connectivity index (χ3n) is 2.93. The van der Waals surface area contributed by atoms with E-state index in [4.69, 9.17) is 23.2 Å². The van der Waals surface area contributed by atoms with Crippen LogP contribution in [0.5, 0.6) is 0 Å². The highest BCUT2D eigenvalue weighted by molar-refractivity contribution is 6.31. The van der Waals surface area contributed by atoms with E-state index in [2.05, 4.69) is 5.32 Å². The van der Waals surface area contributed by atoms with Gasteiger partial charge in [0.05, 0.1) is 5.54 Å². The normalized spacial score (nSPS) is 14.2. The zero-order valence-electron chi connectivity index (χ0n) is 10.3. The number of halogens is 2. The largest absolute Gasteiger partial charge is 0.346 e. The standard InChI is InChI=1S/C13H17Cl2NO/c1-4-13(3,8-14)16-12(17)11-7-10(15)6-5-9(11)2/h5-7H,4,8H2,1-3H3,(H,16,17). The van der Waals surface area contributed by atoms with Gasteiger partial charge < -0.3 is 5.32 Å². The highest BCUT2D eigenvalue weighted by Gasteiger charge is 2.24. The highest BCUT2D eigenvalue weighted by Crippen LogP contribution is 2.18. The van der Waals surface area contributed by atoms with E-state index >= 15 is 0 Å². The molecular weight excluding hydrogens is 257 g/mol. The predicted octanol–water partition coefficient (Wildman–Crippen LogP) is 3.79. The first-order chi connectivity index (χ1) is 7.91. The Kier molecular flexibility index (Phi) is 4.84. The van der Waals surface area contributed by atoms with Gasteiger partial charge in [0.1, 0.15) is 0 Å². The summed E-state index contributed by atoms with van der Waals surface area (Å²) in [6, 6.07) is 5.28. The van der Waals surface area contributed by atoms with Gasteiger partial charge in [-0.05, 0) is 38.0 Å². The van der Waals surface area contributed by atoms with Gasteiger partial charge in [-0.2, -0.15) is 0 Å². The first-order valence-corrected chi connectivity index (χ1v) is 6.48. The van der Waals surface area contributed by atoms with Gasteiger partial charge in [0.2, 0.25) is 0 Å². The molecule has 0 spiro atoms. The Morgan fingerprint density at radius 2 is 2.12 bits per heavy atom. The Morgan fingerprint density at radius 1 is 1.47 bits per heavy atom. The van der Waals surface area contributed by atoms with Crippen LogP contribution < -0.4 is 5.32 Å². The van der Waals surface area contributed by atoms with Crippen molar-refractivity contribution < 1.29 is 4.79 Å². The van der Waals surface area contributed by atoms with Crippen LogP contribution in [0.15, 0.2) is 18.2 Å². The fourth-order valence-corrected chi connectivity index (χ4v) is 1.82. The number of amides is 1. The molecule has 0 radical (unpaired) electrons. The quantitative estimate of drug-likeness (QED) is 0.832. The fourth-order valence-electron chi connectivity index (χ4n) is 1.40. The fraction of sp³-hybridized carbons (Fsp3) is 0.462. The summed E-state index contributed by atoms with van der Waals surface area (Å²) in [5.74, 6) is 0.254. The lowest BCUT2D eigenvalue weighted by Gasteiger charge is -2.27. The van der Waals surface area contributed by atoms with Gasteiger partial charge in [-0.25, -0.2) is 0 Å². The number of hydrogen-bond acceptors (Lipinski definition) is 1. The molecule has 0 saturated carbocycles. The predicted molar refractivity (Wildman–Crippen MR) is 73.1 cm³/mol. The number of rotatable bonds is 4. The lowest BCUT2D eigenvalue weighted by molar-refractivity contribution is 0.0912. The first-order valence-electron chi connectivity index (χ1n) is 5.56. The zero-order chi connectivity index (χ0) is 13.1. The van der Waals surface area contributed by atoms with Crippen LogP contribution in [0.3, 0.4) is 0 Å². The lowest BCUT2D eigenvalue weighted by Crippen LogP contribution is -2.47. The Hall–Kier alpha value is -0.730. The second-order valence-electron chi connectivity index (χ2n) is 4.46. The maximum absolute atomic E-state index is 12.1. The first kappa shape index (κ1) is 14.3. The molecule has 0 aromatic heterocycles. The van der Waals surface area contributed by atoms with Gasteiger partial charge in [0, 0.05) is 16.5 Å². The molecule has 1 unspecified atom stereocenters. The van der Waals surface area contributed by atoms with Crippen molar-refractivity contribution in [3.05, 3.63) is 34.3 Å². The molecule has 0 fully saturated rings. The molecule has 4 heteroatoms. The van der Waals surface area contributed by atoms with E-state index in [1.165, 1.54) is 0 Å². The van der Waals surface area contributed by atoms with Gasteiger partial charge in [0.25, 0.3) is 5.91 Å². The van der Waals surface area contributed by atoms with Gasteiger partial charge >= 0.3 is 0 Å². The van der Waals surface area contributed by atoms with Crippen molar-refractivity contribution in [3.63, 3.8) is 0 Å². The molecule has 0 bridgehead atoms. The van der Waals surface area contributed by atoms with Crippen LogP contribution in [0.1, 0.15) is 36.2 Å². The van der Waals surface area contributed by atoms with Crippen LogP contribution in [0.4, 0.5) is 0 Å². The number of nitrogens with one attached hydrogen (secondary N) is 1. The van der Waals surface area contributed by atoms with Crippen molar-refractivity contribution >= 4 is 29.1 Å².